The van der Waals surface area contributed by atoms with Crippen molar-refractivity contribution in [3.63, 3.8) is 0 Å². The first-order chi connectivity index (χ1) is 7.12. The van der Waals surface area contributed by atoms with Gasteiger partial charge >= 0.3 is 0 Å². The van der Waals surface area contributed by atoms with Crippen molar-refractivity contribution in [2.45, 2.75) is 52.6 Å². The van der Waals surface area contributed by atoms with Crippen LogP contribution in [0.3, 0.4) is 0 Å². The Labute approximate surface area is 102 Å². The SMILES string of the molecule is CO[Si]1(C(C)(C)C)C=CC(C(C)(C)C)=CC1. The lowest BCUT2D eigenvalue weighted by molar-refractivity contribution is 0.373. The highest BCUT2D eigenvalue weighted by molar-refractivity contribution is 6.82. The molecule has 1 aliphatic heterocycles. The van der Waals surface area contributed by atoms with E-state index in [4.69, 9.17) is 4.43 Å². The number of allylic oxidation sites excluding steroid dienone is 3. The first-order valence-electron chi connectivity index (χ1n) is 6.07. The van der Waals surface area contributed by atoms with Crippen LogP contribution in [0.15, 0.2) is 23.4 Å². The van der Waals surface area contributed by atoms with Crippen molar-refractivity contribution in [1.82, 2.24) is 0 Å². The summed E-state index contributed by atoms with van der Waals surface area (Å²) in [5, 5.41) is 0.262. The lowest BCUT2D eigenvalue weighted by atomic mass is 9.86. The zero-order valence-electron chi connectivity index (χ0n) is 11.8. The van der Waals surface area contributed by atoms with Crippen molar-refractivity contribution in [1.29, 1.82) is 0 Å². The Morgan fingerprint density at radius 2 is 1.69 bits per heavy atom. The molecule has 0 bridgehead atoms. The van der Waals surface area contributed by atoms with Gasteiger partial charge in [-0.1, -0.05) is 59.4 Å². The van der Waals surface area contributed by atoms with Crippen molar-refractivity contribution in [3.05, 3.63) is 23.4 Å². The molecule has 1 heterocycles. The van der Waals surface area contributed by atoms with E-state index in [1.165, 1.54) is 5.57 Å². The molecule has 2 heteroatoms. The van der Waals surface area contributed by atoms with E-state index in [0.29, 0.717) is 0 Å². The van der Waals surface area contributed by atoms with E-state index >= 15 is 0 Å². The molecule has 0 spiro atoms. The Bertz CT molecular complexity index is 315. The highest BCUT2D eigenvalue weighted by Gasteiger charge is 2.44. The molecule has 0 aromatic heterocycles. The maximum atomic E-state index is 5.91. The van der Waals surface area contributed by atoms with Gasteiger partial charge in [0.05, 0.1) is 0 Å². The number of rotatable bonds is 1. The Morgan fingerprint density at radius 1 is 1.12 bits per heavy atom. The second-order valence-corrected chi connectivity index (χ2v) is 11.2. The van der Waals surface area contributed by atoms with Crippen LogP contribution in [0.5, 0.6) is 0 Å². The maximum Gasteiger partial charge on any atom is 0.225 e. The van der Waals surface area contributed by atoms with Crippen LogP contribution in [0.1, 0.15) is 41.5 Å². The lowest BCUT2D eigenvalue weighted by Crippen LogP contribution is -2.45. The normalized spacial score (nSPS) is 26.8. The molecule has 0 aromatic carbocycles. The van der Waals surface area contributed by atoms with Crippen molar-refractivity contribution in [2.24, 2.45) is 5.41 Å². The third-order valence-electron chi connectivity index (χ3n) is 3.66. The van der Waals surface area contributed by atoms with Gasteiger partial charge in [-0.15, -0.1) is 0 Å². The van der Waals surface area contributed by atoms with Gasteiger partial charge in [-0.2, -0.15) is 0 Å². The van der Waals surface area contributed by atoms with Gasteiger partial charge in [0.1, 0.15) is 0 Å². The fourth-order valence-corrected chi connectivity index (χ4v) is 5.33. The first kappa shape index (κ1) is 13.7. The quantitative estimate of drug-likeness (QED) is 0.613. The van der Waals surface area contributed by atoms with Crippen LogP contribution in [0.25, 0.3) is 0 Å². The highest BCUT2D eigenvalue weighted by Crippen LogP contribution is 2.44. The number of hydrogen-bond donors (Lipinski definition) is 0. The van der Waals surface area contributed by atoms with Crippen molar-refractivity contribution < 1.29 is 4.43 Å². The summed E-state index contributed by atoms with van der Waals surface area (Å²) in [5.41, 5.74) is 4.08. The van der Waals surface area contributed by atoms with Gasteiger partial charge in [-0.05, 0) is 22.1 Å². The Kier molecular flexibility index (Phi) is 3.56. The first-order valence-corrected chi connectivity index (χ1v) is 8.27. The van der Waals surface area contributed by atoms with Gasteiger partial charge in [-0.25, -0.2) is 0 Å². The minimum atomic E-state index is -1.74. The molecule has 1 aliphatic rings. The van der Waals surface area contributed by atoms with E-state index in [1.807, 2.05) is 7.11 Å². The van der Waals surface area contributed by atoms with E-state index in [1.54, 1.807) is 0 Å². The van der Waals surface area contributed by atoms with Gasteiger partial charge in [0.25, 0.3) is 0 Å². The largest absolute Gasteiger partial charge is 0.415 e. The van der Waals surface area contributed by atoms with Crippen LogP contribution < -0.4 is 0 Å². The molecule has 0 N–H and O–H groups in total. The molecule has 0 saturated heterocycles. The van der Waals surface area contributed by atoms with Gasteiger partial charge in [0.2, 0.25) is 8.32 Å². The highest BCUT2D eigenvalue weighted by atomic mass is 28.4. The minimum absolute atomic E-state index is 0.253. The molecule has 0 radical (unpaired) electrons. The van der Waals surface area contributed by atoms with Crippen LogP contribution in [-0.4, -0.2) is 15.4 Å². The molecule has 0 aliphatic carbocycles. The second-order valence-electron chi connectivity index (χ2n) is 6.79. The fourth-order valence-electron chi connectivity index (χ4n) is 2.19. The van der Waals surface area contributed by atoms with Gasteiger partial charge in [-0.3, -0.25) is 0 Å². The molecule has 1 unspecified atom stereocenters. The Balaban J connectivity index is 2.97. The van der Waals surface area contributed by atoms with E-state index in [-0.39, 0.29) is 10.5 Å². The monoisotopic (exact) mass is 238 g/mol. The van der Waals surface area contributed by atoms with E-state index in [2.05, 4.69) is 59.4 Å². The summed E-state index contributed by atoms with van der Waals surface area (Å²) in [6, 6.07) is 1.11. The van der Waals surface area contributed by atoms with Crippen molar-refractivity contribution >= 4 is 8.32 Å². The number of hydrogen-bond acceptors (Lipinski definition) is 1. The van der Waals surface area contributed by atoms with Crippen LogP contribution in [0.2, 0.25) is 11.1 Å². The summed E-state index contributed by atoms with van der Waals surface area (Å²) < 4.78 is 5.91. The molecule has 1 atom stereocenters. The van der Waals surface area contributed by atoms with E-state index in [0.717, 1.165) is 6.04 Å². The fraction of sp³-hybridized carbons (Fsp3) is 0.714. The molecule has 0 saturated carbocycles. The Hall–Kier alpha value is -0.343. The third kappa shape index (κ3) is 2.49. The molecule has 0 aromatic rings. The summed E-state index contributed by atoms with van der Waals surface area (Å²) in [6.07, 6.45) is 4.69. The van der Waals surface area contributed by atoms with E-state index in [9.17, 15) is 0 Å². The smallest absolute Gasteiger partial charge is 0.225 e. The van der Waals surface area contributed by atoms with Crippen LogP contribution in [0.4, 0.5) is 0 Å². The third-order valence-corrected chi connectivity index (χ3v) is 8.44. The molecular formula is C14H26OSi. The molecule has 1 nitrogen and oxygen atoms in total. The molecule has 0 amide bonds. The minimum Gasteiger partial charge on any atom is -0.415 e. The zero-order chi connectivity index (χ0) is 12.6. The topological polar surface area (TPSA) is 9.23 Å². The summed E-state index contributed by atoms with van der Waals surface area (Å²) in [4.78, 5) is 0. The van der Waals surface area contributed by atoms with Crippen LogP contribution in [0, 0.1) is 5.41 Å². The summed E-state index contributed by atoms with van der Waals surface area (Å²) in [6.45, 7) is 13.7. The predicted molar refractivity (Wildman–Crippen MR) is 74.0 cm³/mol. The van der Waals surface area contributed by atoms with Gasteiger partial charge in [0, 0.05) is 7.11 Å². The summed E-state index contributed by atoms with van der Waals surface area (Å²) in [5.74, 6) is 0. The van der Waals surface area contributed by atoms with Crippen LogP contribution in [-0.2, 0) is 4.43 Å². The van der Waals surface area contributed by atoms with Crippen molar-refractivity contribution in [3.8, 4) is 0 Å². The lowest BCUT2D eigenvalue weighted by Gasteiger charge is -2.41. The average molecular weight is 238 g/mol. The molecule has 92 valence electrons. The molecular weight excluding hydrogens is 212 g/mol. The zero-order valence-corrected chi connectivity index (χ0v) is 12.8. The van der Waals surface area contributed by atoms with Gasteiger partial charge in [0.15, 0.2) is 0 Å². The average Bonchev–Trinajstić information content (AvgIpc) is 2.14. The standard InChI is InChI=1S/C14H26OSi/c1-13(2,3)12-8-10-16(15-7,11-9-12)14(4,5)6/h8-10H,11H2,1-7H3. The second kappa shape index (κ2) is 4.15. The van der Waals surface area contributed by atoms with Gasteiger partial charge < -0.3 is 4.43 Å². The molecule has 16 heavy (non-hydrogen) atoms. The van der Waals surface area contributed by atoms with Crippen LogP contribution >= 0.6 is 0 Å². The summed E-state index contributed by atoms with van der Waals surface area (Å²) in [7, 11) is 0.137. The van der Waals surface area contributed by atoms with Crippen molar-refractivity contribution in [2.75, 3.05) is 7.11 Å². The molecule has 0 fully saturated rings. The Morgan fingerprint density at radius 3 is 1.94 bits per heavy atom. The molecule has 1 rings (SSSR count). The van der Waals surface area contributed by atoms with E-state index < -0.39 is 8.32 Å². The predicted octanol–water partition coefficient (Wildman–Crippen LogP) is 4.46. The maximum absolute atomic E-state index is 5.91. The summed E-state index contributed by atoms with van der Waals surface area (Å²) >= 11 is 0.